The van der Waals surface area contributed by atoms with Crippen LogP contribution in [0.2, 0.25) is 0 Å². The van der Waals surface area contributed by atoms with Gasteiger partial charge in [0.1, 0.15) is 0 Å². The molecule has 30 heavy (non-hydrogen) atoms. The summed E-state index contributed by atoms with van der Waals surface area (Å²) in [6, 6.07) is 17.8. The van der Waals surface area contributed by atoms with E-state index in [0.717, 1.165) is 26.9 Å². The van der Waals surface area contributed by atoms with Crippen molar-refractivity contribution < 1.29 is 14.3 Å². The standard InChI is InChI=1S/C23H21N3O3S/c1-26-14-16(17-10-6-7-11-18(17)26)13-20(27)24-23-25-21(22(28)29-2)19(30-23)12-15-8-4-3-5-9-15/h3-11,14H,12-13H2,1-2H3,(H,24,25,27). The molecule has 0 atom stereocenters. The quantitative estimate of drug-likeness (QED) is 0.476. The first kappa shape index (κ1) is 19.8. The van der Waals surface area contributed by atoms with E-state index in [2.05, 4.69) is 10.3 Å². The summed E-state index contributed by atoms with van der Waals surface area (Å²) in [7, 11) is 3.29. The molecular weight excluding hydrogens is 398 g/mol. The van der Waals surface area contributed by atoms with Crippen LogP contribution in [0.4, 0.5) is 5.13 Å². The van der Waals surface area contributed by atoms with Gasteiger partial charge < -0.3 is 14.6 Å². The monoisotopic (exact) mass is 419 g/mol. The number of esters is 1. The molecule has 0 saturated carbocycles. The Kier molecular flexibility index (Phi) is 5.63. The fourth-order valence-corrected chi connectivity index (χ4v) is 4.47. The van der Waals surface area contributed by atoms with Crippen molar-refractivity contribution in [1.29, 1.82) is 0 Å². The van der Waals surface area contributed by atoms with Crippen molar-refractivity contribution in [2.24, 2.45) is 7.05 Å². The molecule has 0 aliphatic carbocycles. The SMILES string of the molecule is COC(=O)c1nc(NC(=O)Cc2cn(C)c3ccccc23)sc1Cc1ccccc1. The number of anilines is 1. The van der Waals surface area contributed by atoms with Crippen LogP contribution in [0.1, 0.15) is 26.5 Å². The number of thiazole rings is 1. The molecule has 0 aliphatic heterocycles. The van der Waals surface area contributed by atoms with Gasteiger partial charge in [0.05, 0.1) is 13.5 Å². The lowest BCUT2D eigenvalue weighted by atomic mass is 10.1. The molecule has 4 aromatic rings. The second-order valence-corrected chi connectivity index (χ2v) is 8.04. The molecule has 0 spiro atoms. The lowest BCUT2D eigenvalue weighted by Crippen LogP contribution is -2.14. The Morgan fingerprint density at radius 1 is 1.10 bits per heavy atom. The average Bonchev–Trinajstić information content (AvgIpc) is 3.29. The first-order valence-electron chi connectivity index (χ1n) is 9.50. The Morgan fingerprint density at radius 3 is 2.60 bits per heavy atom. The van der Waals surface area contributed by atoms with Crippen LogP contribution in [-0.4, -0.2) is 28.5 Å². The molecule has 0 aliphatic rings. The maximum atomic E-state index is 12.7. The Labute approximate surface area is 178 Å². The van der Waals surface area contributed by atoms with Gasteiger partial charge in [-0.25, -0.2) is 9.78 Å². The van der Waals surface area contributed by atoms with Crippen LogP contribution in [0, 0.1) is 0 Å². The normalized spacial score (nSPS) is 10.9. The molecule has 1 amide bonds. The van der Waals surface area contributed by atoms with Gasteiger partial charge in [0.25, 0.3) is 0 Å². The van der Waals surface area contributed by atoms with Gasteiger partial charge in [-0.1, -0.05) is 48.5 Å². The fourth-order valence-electron chi connectivity index (χ4n) is 3.47. The number of para-hydroxylation sites is 1. The third-order valence-electron chi connectivity index (χ3n) is 4.86. The van der Waals surface area contributed by atoms with E-state index in [4.69, 9.17) is 4.74 Å². The Balaban J connectivity index is 1.55. The lowest BCUT2D eigenvalue weighted by molar-refractivity contribution is -0.115. The molecule has 2 aromatic carbocycles. The van der Waals surface area contributed by atoms with Crippen LogP contribution < -0.4 is 5.32 Å². The fraction of sp³-hybridized carbons (Fsp3) is 0.174. The number of hydrogen-bond acceptors (Lipinski definition) is 5. The number of ether oxygens (including phenoxy) is 1. The van der Waals surface area contributed by atoms with Crippen molar-refractivity contribution in [3.8, 4) is 0 Å². The van der Waals surface area contributed by atoms with E-state index in [9.17, 15) is 9.59 Å². The summed E-state index contributed by atoms with van der Waals surface area (Å²) in [6.45, 7) is 0. The summed E-state index contributed by atoms with van der Waals surface area (Å²) in [6.07, 6.45) is 2.73. The smallest absolute Gasteiger partial charge is 0.357 e. The second kappa shape index (κ2) is 8.51. The number of benzene rings is 2. The van der Waals surface area contributed by atoms with Gasteiger partial charge in [0.2, 0.25) is 5.91 Å². The van der Waals surface area contributed by atoms with E-state index in [1.54, 1.807) is 0 Å². The number of carbonyl (C=O) groups excluding carboxylic acids is 2. The van der Waals surface area contributed by atoms with Crippen LogP contribution in [0.25, 0.3) is 10.9 Å². The summed E-state index contributed by atoms with van der Waals surface area (Å²) in [5.74, 6) is -0.686. The van der Waals surface area contributed by atoms with Crippen LogP contribution >= 0.6 is 11.3 Å². The van der Waals surface area contributed by atoms with Crippen LogP contribution in [0.3, 0.4) is 0 Å². The summed E-state index contributed by atoms with van der Waals surface area (Å²) < 4.78 is 6.88. The number of rotatable bonds is 6. The zero-order valence-corrected chi connectivity index (χ0v) is 17.5. The highest BCUT2D eigenvalue weighted by atomic mass is 32.1. The first-order chi connectivity index (χ1) is 14.5. The molecule has 4 rings (SSSR count). The highest BCUT2D eigenvalue weighted by Crippen LogP contribution is 2.27. The topological polar surface area (TPSA) is 73.2 Å². The number of hydrogen-bond donors (Lipinski definition) is 1. The van der Waals surface area contributed by atoms with Crippen LogP contribution in [-0.2, 0) is 29.4 Å². The Morgan fingerprint density at radius 2 is 1.83 bits per heavy atom. The number of methoxy groups -OCH3 is 1. The molecule has 0 unspecified atom stereocenters. The van der Waals surface area contributed by atoms with Gasteiger partial charge in [0, 0.05) is 35.4 Å². The summed E-state index contributed by atoms with van der Waals surface area (Å²) in [4.78, 5) is 29.9. The maximum Gasteiger partial charge on any atom is 0.357 e. The zero-order valence-electron chi connectivity index (χ0n) is 16.7. The van der Waals surface area contributed by atoms with Crippen LogP contribution in [0.5, 0.6) is 0 Å². The van der Waals surface area contributed by atoms with Gasteiger partial charge in [-0.05, 0) is 17.2 Å². The summed E-state index contributed by atoms with van der Waals surface area (Å²) >= 11 is 1.30. The van der Waals surface area contributed by atoms with E-state index < -0.39 is 5.97 Å². The van der Waals surface area contributed by atoms with Crippen molar-refractivity contribution in [2.45, 2.75) is 12.8 Å². The lowest BCUT2D eigenvalue weighted by Gasteiger charge is -2.01. The molecule has 2 aromatic heterocycles. The van der Waals surface area contributed by atoms with E-state index in [1.165, 1.54) is 18.4 Å². The number of aromatic nitrogens is 2. The van der Waals surface area contributed by atoms with E-state index >= 15 is 0 Å². The Bertz CT molecular complexity index is 1210. The Hall–Kier alpha value is -3.45. The van der Waals surface area contributed by atoms with E-state index in [1.807, 2.05) is 72.4 Å². The molecule has 6 nitrogen and oxygen atoms in total. The number of carbonyl (C=O) groups is 2. The molecule has 2 heterocycles. The molecule has 0 fully saturated rings. The summed E-state index contributed by atoms with van der Waals surface area (Å²) in [5, 5.41) is 4.29. The highest BCUT2D eigenvalue weighted by molar-refractivity contribution is 7.16. The number of fused-ring (bicyclic) bond motifs is 1. The number of amides is 1. The molecule has 0 radical (unpaired) electrons. The van der Waals surface area contributed by atoms with Gasteiger partial charge in [-0.3, -0.25) is 4.79 Å². The number of aryl methyl sites for hydroxylation is 1. The molecule has 7 heteroatoms. The van der Waals surface area contributed by atoms with Crippen molar-refractivity contribution >= 4 is 39.2 Å². The minimum Gasteiger partial charge on any atom is -0.464 e. The van der Waals surface area contributed by atoms with Crippen molar-refractivity contribution in [2.75, 3.05) is 12.4 Å². The average molecular weight is 420 g/mol. The molecule has 0 saturated heterocycles. The molecule has 1 N–H and O–H groups in total. The summed E-state index contributed by atoms with van der Waals surface area (Å²) in [5.41, 5.74) is 3.32. The zero-order chi connectivity index (χ0) is 21.1. The number of nitrogens with zero attached hydrogens (tertiary/aromatic N) is 2. The van der Waals surface area contributed by atoms with E-state index in [-0.39, 0.29) is 18.0 Å². The minimum absolute atomic E-state index is 0.178. The molecule has 152 valence electrons. The minimum atomic E-state index is -0.508. The van der Waals surface area contributed by atoms with Crippen molar-refractivity contribution in [3.05, 3.63) is 82.5 Å². The highest BCUT2D eigenvalue weighted by Gasteiger charge is 2.20. The van der Waals surface area contributed by atoms with Gasteiger partial charge in [-0.15, -0.1) is 11.3 Å². The third kappa shape index (κ3) is 4.11. The first-order valence-corrected chi connectivity index (χ1v) is 10.3. The third-order valence-corrected chi connectivity index (χ3v) is 5.83. The molecular formula is C23H21N3O3S. The molecule has 0 bridgehead atoms. The van der Waals surface area contributed by atoms with Gasteiger partial charge in [-0.2, -0.15) is 0 Å². The predicted molar refractivity (Wildman–Crippen MR) is 118 cm³/mol. The van der Waals surface area contributed by atoms with E-state index in [0.29, 0.717) is 11.6 Å². The van der Waals surface area contributed by atoms with Gasteiger partial charge >= 0.3 is 5.97 Å². The predicted octanol–water partition coefficient (Wildman–Crippen LogP) is 4.19. The van der Waals surface area contributed by atoms with Gasteiger partial charge in [0.15, 0.2) is 10.8 Å². The largest absolute Gasteiger partial charge is 0.464 e. The van der Waals surface area contributed by atoms with Crippen molar-refractivity contribution in [1.82, 2.24) is 9.55 Å². The van der Waals surface area contributed by atoms with Crippen molar-refractivity contribution in [3.63, 3.8) is 0 Å². The van der Waals surface area contributed by atoms with Crippen LogP contribution in [0.15, 0.2) is 60.8 Å². The number of nitrogens with one attached hydrogen (secondary N) is 1. The maximum absolute atomic E-state index is 12.7. The second-order valence-electron chi connectivity index (χ2n) is 6.95.